The van der Waals surface area contributed by atoms with E-state index in [1.54, 1.807) is 23.2 Å². The van der Waals surface area contributed by atoms with E-state index in [-0.39, 0.29) is 25.0 Å². The Morgan fingerprint density at radius 2 is 2.15 bits per heavy atom. The Balaban J connectivity index is 2.52. The number of ether oxygens (including phenoxy) is 1. The predicted octanol–water partition coefficient (Wildman–Crippen LogP) is 1.67. The van der Waals surface area contributed by atoms with Crippen LogP contribution in [0.5, 0.6) is 0 Å². The fraction of sp³-hybridized carbons (Fsp3) is 0.462. The average Bonchev–Trinajstić information content (AvgIpc) is 2.41. The van der Waals surface area contributed by atoms with Crippen molar-refractivity contribution in [3.63, 3.8) is 0 Å². The van der Waals surface area contributed by atoms with Crippen molar-refractivity contribution in [2.75, 3.05) is 32.1 Å². The summed E-state index contributed by atoms with van der Waals surface area (Å²) in [7, 11) is 1.33. The Bertz CT molecular complexity index is 451. The van der Waals surface area contributed by atoms with Crippen LogP contribution in [0.4, 0.5) is 5.82 Å². The van der Waals surface area contributed by atoms with Gasteiger partial charge in [-0.2, -0.15) is 0 Å². The summed E-state index contributed by atoms with van der Waals surface area (Å²) < 4.78 is 5.45. The lowest BCUT2D eigenvalue weighted by atomic mass is 10.3. The van der Waals surface area contributed by atoms with Crippen LogP contribution < -0.4 is 5.32 Å². The second-order valence-corrected chi connectivity index (χ2v) is 5.11. The fourth-order valence-electron chi connectivity index (χ4n) is 1.61. The molecule has 0 aliphatic heterocycles. The van der Waals surface area contributed by atoms with E-state index >= 15 is 0 Å². The molecule has 0 saturated carbocycles. The lowest BCUT2D eigenvalue weighted by Crippen LogP contribution is -2.37. The third kappa shape index (κ3) is 6.12. The summed E-state index contributed by atoms with van der Waals surface area (Å²) in [5, 5.41) is 2.68. The number of hydrogen-bond acceptors (Lipinski definition) is 5. The van der Waals surface area contributed by atoms with Gasteiger partial charge in [-0.1, -0.05) is 6.92 Å². The van der Waals surface area contributed by atoms with Crippen molar-refractivity contribution in [2.24, 2.45) is 0 Å². The van der Waals surface area contributed by atoms with Gasteiger partial charge in [-0.3, -0.25) is 14.5 Å². The van der Waals surface area contributed by atoms with Crippen LogP contribution in [0.25, 0.3) is 0 Å². The predicted molar refractivity (Wildman–Crippen MR) is 79.3 cm³/mol. The first-order valence-corrected chi connectivity index (χ1v) is 7.05. The van der Waals surface area contributed by atoms with E-state index in [9.17, 15) is 9.59 Å². The van der Waals surface area contributed by atoms with Crippen molar-refractivity contribution in [1.82, 2.24) is 9.88 Å². The molecule has 1 aromatic rings. The van der Waals surface area contributed by atoms with Crippen LogP contribution in [0.2, 0.25) is 0 Å². The van der Waals surface area contributed by atoms with Crippen LogP contribution in [-0.4, -0.2) is 48.5 Å². The largest absolute Gasteiger partial charge is 0.468 e. The number of aromatic nitrogens is 1. The minimum Gasteiger partial charge on any atom is -0.468 e. The number of nitrogens with zero attached hydrogens (tertiary/aromatic N) is 2. The molecule has 0 unspecified atom stereocenters. The maximum atomic E-state index is 11.9. The monoisotopic (exact) mass is 343 g/mol. The van der Waals surface area contributed by atoms with Crippen LogP contribution in [0, 0.1) is 0 Å². The minimum atomic E-state index is -0.354. The van der Waals surface area contributed by atoms with Crippen LogP contribution in [0.3, 0.4) is 0 Å². The van der Waals surface area contributed by atoms with Crippen LogP contribution in [0.1, 0.15) is 13.3 Å². The molecule has 0 bridgehead atoms. The summed E-state index contributed by atoms with van der Waals surface area (Å²) in [6, 6.07) is 3.49. The van der Waals surface area contributed by atoms with E-state index in [1.165, 1.54) is 7.11 Å². The summed E-state index contributed by atoms with van der Waals surface area (Å²) in [6.45, 7) is 2.86. The second-order valence-electron chi connectivity index (χ2n) is 4.20. The molecule has 0 aliphatic rings. The smallest absolute Gasteiger partial charge is 0.319 e. The Labute approximate surface area is 126 Å². The number of nitrogens with one attached hydrogen (secondary N) is 1. The lowest BCUT2D eigenvalue weighted by molar-refractivity contribution is -0.142. The molecule has 6 nitrogen and oxygen atoms in total. The van der Waals surface area contributed by atoms with E-state index in [0.29, 0.717) is 12.4 Å². The van der Waals surface area contributed by atoms with Crippen LogP contribution in [-0.2, 0) is 14.3 Å². The maximum Gasteiger partial charge on any atom is 0.319 e. The number of anilines is 1. The van der Waals surface area contributed by atoms with Gasteiger partial charge < -0.3 is 10.1 Å². The molecule has 1 heterocycles. The zero-order valence-electron chi connectivity index (χ0n) is 11.6. The molecular weight excluding hydrogens is 326 g/mol. The standard InChI is InChI=1S/C13H18BrN3O3/c1-3-6-17(9-13(19)20-2)8-12(18)16-11-5-4-10(14)7-15-11/h4-5,7H,3,6,8-9H2,1-2H3,(H,15,16,18). The Hall–Kier alpha value is -1.47. The second kappa shape index (κ2) is 8.65. The molecule has 7 heteroatoms. The number of pyridine rings is 1. The first-order valence-electron chi connectivity index (χ1n) is 6.25. The Morgan fingerprint density at radius 3 is 2.70 bits per heavy atom. The summed E-state index contributed by atoms with van der Waals surface area (Å²) >= 11 is 3.27. The van der Waals surface area contributed by atoms with Gasteiger partial charge in [0.15, 0.2) is 0 Å². The zero-order chi connectivity index (χ0) is 15.0. The molecule has 0 aliphatic carbocycles. The van der Waals surface area contributed by atoms with E-state index in [2.05, 4.69) is 31.0 Å². The molecule has 1 amide bonds. The van der Waals surface area contributed by atoms with Crippen molar-refractivity contribution in [3.8, 4) is 0 Å². The summed E-state index contributed by atoms with van der Waals surface area (Å²) in [5.74, 6) is -0.0853. The SMILES string of the molecule is CCCN(CC(=O)Nc1ccc(Br)cn1)CC(=O)OC. The van der Waals surface area contributed by atoms with Gasteiger partial charge in [-0.05, 0) is 41.0 Å². The average molecular weight is 344 g/mol. The number of hydrogen-bond donors (Lipinski definition) is 1. The molecule has 1 rings (SSSR count). The number of amides is 1. The number of methoxy groups -OCH3 is 1. The molecule has 1 aromatic heterocycles. The molecule has 20 heavy (non-hydrogen) atoms. The molecular formula is C13H18BrN3O3. The van der Waals surface area contributed by atoms with Gasteiger partial charge in [0.2, 0.25) is 5.91 Å². The normalized spacial score (nSPS) is 10.4. The highest BCUT2D eigenvalue weighted by molar-refractivity contribution is 9.10. The molecule has 0 spiro atoms. The molecule has 0 atom stereocenters. The Morgan fingerprint density at radius 1 is 1.40 bits per heavy atom. The van der Waals surface area contributed by atoms with Gasteiger partial charge in [0.05, 0.1) is 20.2 Å². The van der Waals surface area contributed by atoms with E-state index in [4.69, 9.17) is 0 Å². The fourth-order valence-corrected chi connectivity index (χ4v) is 1.85. The van der Waals surface area contributed by atoms with Crippen LogP contribution in [0.15, 0.2) is 22.8 Å². The highest BCUT2D eigenvalue weighted by atomic mass is 79.9. The van der Waals surface area contributed by atoms with Crippen LogP contribution >= 0.6 is 15.9 Å². The number of carbonyl (C=O) groups excluding carboxylic acids is 2. The van der Waals surface area contributed by atoms with Gasteiger partial charge in [-0.25, -0.2) is 4.98 Å². The molecule has 0 saturated heterocycles. The molecule has 0 fully saturated rings. The summed E-state index contributed by atoms with van der Waals surface area (Å²) in [6.07, 6.45) is 2.45. The van der Waals surface area contributed by atoms with Crippen molar-refractivity contribution < 1.29 is 14.3 Å². The third-order valence-electron chi connectivity index (χ3n) is 2.48. The molecule has 0 radical (unpaired) electrons. The first-order chi connectivity index (χ1) is 9.55. The van der Waals surface area contributed by atoms with E-state index < -0.39 is 0 Å². The van der Waals surface area contributed by atoms with Crippen molar-refractivity contribution >= 4 is 33.6 Å². The molecule has 110 valence electrons. The topological polar surface area (TPSA) is 71.5 Å². The van der Waals surface area contributed by atoms with Gasteiger partial charge in [0.25, 0.3) is 0 Å². The number of carbonyl (C=O) groups is 2. The summed E-state index contributed by atoms with van der Waals surface area (Å²) in [5.41, 5.74) is 0. The van der Waals surface area contributed by atoms with Gasteiger partial charge in [0.1, 0.15) is 5.82 Å². The molecule has 1 N–H and O–H groups in total. The number of esters is 1. The first kappa shape index (κ1) is 16.6. The zero-order valence-corrected chi connectivity index (χ0v) is 13.1. The van der Waals surface area contributed by atoms with Gasteiger partial charge in [-0.15, -0.1) is 0 Å². The lowest BCUT2D eigenvalue weighted by Gasteiger charge is -2.19. The number of rotatable bonds is 7. The third-order valence-corrected chi connectivity index (χ3v) is 2.95. The van der Waals surface area contributed by atoms with Gasteiger partial charge >= 0.3 is 5.97 Å². The molecule has 0 aromatic carbocycles. The van der Waals surface area contributed by atoms with Crippen molar-refractivity contribution in [3.05, 3.63) is 22.8 Å². The van der Waals surface area contributed by atoms with Crippen molar-refractivity contribution in [2.45, 2.75) is 13.3 Å². The van der Waals surface area contributed by atoms with Gasteiger partial charge in [0, 0.05) is 10.7 Å². The Kier molecular flexibility index (Phi) is 7.17. The number of halogens is 1. The van der Waals surface area contributed by atoms with Crippen molar-refractivity contribution in [1.29, 1.82) is 0 Å². The highest BCUT2D eigenvalue weighted by Crippen LogP contribution is 2.10. The van der Waals surface area contributed by atoms with E-state index in [1.807, 2.05) is 6.92 Å². The summed E-state index contributed by atoms with van der Waals surface area (Å²) in [4.78, 5) is 29.0. The minimum absolute atomic E-state index is 0.103. The quantitative estimate of drug-likeness (QED) is 0.762. The van der Waals surface area contributed by atoms with E-state index in [0.717, 1.165) is 10.9 Å². The maximum absolute atomic E-state index is 11.9. The highest BCUT2D eigenvalue weighted by Gasteiger charge is 2.14.